The Hall–Kier alpha value is -2.51. The van der Waals surface area contributed by atoms with Crippen molar-refractivity contribution in [1.29, 1.82) is 0 Å². The topological polar surface area (TPSA) is 72.7 Å². The third-order valence-electron chi connectivity index (χ3n) is 5.02. The molecule has 6 nitrogen and oxygen atoms in total. The van der Waals surface area contributed by atoms with Crippen molar-refractivity contribution in [2.75, 3.05) is 19.7 Å². The van der Waals surface area contributed by atoms with Gasteiger partial charge in [0.2, 0.25) is 0 Å². The van der Waals surface area contributed by atoms with Gasteiger partial charge in [0.25, 0.3) is 5.54 Å². The smallest absolute Gasteiger partial charge is 0.318 e. The molecular weight excluding hydrogens is 387 g/mol. The maximum Gasteiger partial charge on any atom is 0.318 e. The summed E-state index contributed by atoms with van der Waals surface area (Å²) in [4.78, 5) is 26.2. The summed E-state index contributed by atoms with van der Waals surface area (Å²) < 4.78 is 19.1. The van der Waals surface area contributed by atoms with E-state index >= 15 is 0 Å². The van der Waals surface area contributed by atoms with Crippen molar-refractivity contribution in [1.82, 2.24) is 4.90 Å². The van der Waals surface area contributed by atoms with Gasteiger partial charge in [-0.15, -0.1) is 0 Å². The zero-order chi connectivity index (χ0) is 20.3. The number of carbonyl (C=O) groups excluding carboxylic acids is 1. The van der Waals surface area contributed by atoms with Crippen LogP contribution in [0.5, 0.6) is 0 Å². The van der Waals surface area contributed by atoms with Crippen LogP contribution in [0, 0.1) is 21.8 Å². The summed E-state index contributed by atoms with van der Waals surface area (Å²) in [6.45, 7) is 2.18. The molecule has 0 aromatic heterocycles. The molecule has 1 aliphatic rings. The molecule has 0 spiro atoms. The molecule has 0 saturated carbocycles. The minimum atomic E-state index is -1.89. The first-order chi connectivity index (χ1) is 13.4. The SMILES string of the molecule is CCOC(=O)[C@H]1CN(Cc2ccccc2)C[C@]1(c1cc(F)ccc1Cl)[N+](=O)[O-]. The number of hydrogen-bond donors (Lipinski definition) is 0. The van der Waals surface area contributed by atoms with Crippen molar-refractivity contribution in [3.8, 4) is 0 Å². The first kappa shape index (κ1) is 20.2. The zero-order valence-electron chi connectivity index (χ0n) is 15.3. The predicted molar refractivity (Wildman–Crippen MR) is 102 cm³/mol. The molecule has 28 heavy (non-hydrogen) atoms. The molecule has 0 N–H and O–H groups in total. The number of hydrogen-bond acceptors (Lipinski definition) is 5. The van der Waals surface area contributed by atoms with E-state index in [0.29, 0.717) is 6.54 Å². The van der Waals surface area contributed by atoms with Gasteiger partial charge in [-0.05, 0) is 30.7 Å². The first-order valence-electron chi connectivity index (χ1n) is 8.91. The molecule has 2 aromatic rings. The van der Waals surface area contributed by atoms with Crippen LogP contribution in [0.15, 0.2) is 48.5 Å². The molecule has 0 unspecified atom stereocenters. The second-order valence-electron chi connectivity index (χ2n) is 6.77. The van der Waals surface area contributed by atoms with Gasteiger partial charge in [0.05, 0.1) is 23.7 Å². The Morgan fingerprint density at radius 1 is 1.36 bits per heavy atom. The molecule has 0 aliphatic carbocycles. The van der Waals surface area contributed by atoms with Crippen molar-refractivity contribution >= 4 is 17.6 Å². The van der Waals surface area contributed by atoms with Crippen molar-refractivity contribution < 1.29 is 18.8 Å². The number of nitrogens with zero attached hydrogens (tertiary/aromatic N) is 2. The van der Waals surface area contributed by atoms with Gasteiger partial charge in [-0.3, -0.25) is 19.8 Å². The third-order valence-corrected chi connectivity index (χ3v) is 5.35. The minimum absolute atomic E-state index is 0.00668. The maximum absolute atomic E-state index is 13.9. The molecule has 0 bridgehead atoms. The Labute approximate surface area is 167 Å². The molecule has 1 heterocycles. The maximum atomic E-state index is 13.9. The fraction of sp³-hybridized carbons (Fsp3) is 0.350. The number of carbonyl (C=O) groups is 1. The molecule has 2 atom stereocenters. The molecular formula is C20H20ClFN2O4. The molecule has 1 fully saturated rings. The van der Waals surface area contributed by atoms with Crippen LogP contribution in [0.25, 0.3) is 0 Å². The Bertz CT molecular complexity index is 880. The molecule has 3 rings (SSSR count). The van der Waals surface area contributed by atoms with Gasteiger partial charge in [0, 0.05) is 18.0 Å². The molecule has 1 saturated heterocycles. The van der Waals surface area contributed by atoms with E-state index < -0.39 is 28.2 Å². The lowest BCUT2D eigenvalue weighted by atomic mass is 9.81. The van der Waals surface area contributed by atoms with E-state index in [9.17, 15) is 19.3 Å². The lowest BCUT2D eigenvalue weighted by molar-refractivity contribution is -0.581. The molecule has 2 aromatic carbocycles. The van der Waals surface area contributed by atoms with E-state index in [1.54, 1.807) is 11.8 Å². The minimum Gasteiger partial charge on any atom is -0.466 e. The Balaban J connectivity index is 2.06. The van der Waals surface area contributed by atoms with Gasteiger partial charge in [-0.25, -0.2) is 4.39 Å². The number of likely N-dealkylation sites (tertiary alicyclic amines) is 1. The highest BCUT2D eigenvalue weighted by Crippen LogP contribution is 2.44. The van der Waals surface area contributed by atoms with Crippen LogP contribution in [0.2, 0.25) is 5.02 Å². The molecule has 1 aliphatic heterocycles. The zero-order valence-corrected chi connectivity index (χ0v) is 16.1. The van der Waals surface area contributed by atoms with E-state index in [2.05, 4.69) is 0 Å². The second kappa shape index (κ2) is 8.24. The normalized spacial score (nSPS) is 22.2. The summed E-state index contributed by atoms with van der Waals surface area (Å²) in [5.41, 5.74) is -0.942. The van der Waals surface area contributed by atoms with Gasteiger partial charge < -0.3 is 4.74 Å². The number of benzene rings is 2. The van der Waals surface area contributed by atoms with Crippen LogP contribution in [-0.2, 0) is 21.6 Å². The summed E-state index contributed by atoms with van der Waals surface area (Å²) in [5.74, 6) is -2.44. The lowest BCUT2D eigenvalue weighted by Crippen LogP contribution is -2.47. The third kappa shape index (κ3) is 3.72. The van der Waals surface area contributed by atoms with Crippen LogP contribution < -0.4 is 0 Å². The second-order valence-corrected chi connectivity index (χ2v) is 7.17. The Kier molecular flexibility index (Phi) is 5.96. The molecule has 0 amide bonds. The highest BCUT2D eigenvalue weighted by molar-refractivity contribution is 6.31. The summed E-state index contributed by atoms with van der Waals surface area (Å²) in [5, 5.41) is 12.3. The summed E-state index contributed by atoms with van der Waals surface area (Å²) in [7, 11) is 0. The van der Waals surface area contributed by atoms with Gasteiger partial charge >= 0.3 is 5.97 Å². The quantitative estimate of drug-likeness (QED) is 0.416. The fourth-order valence-electron chi connectivity index (χ4n) is 3.78. The monoisotopic (exact) mass is 406 g/mol. The Morgan fingerprint density at radius 2 is 2.07 bits per heavy atom. The number of nitro groups is 1. The Morgan fingerprint density at radius 3 is 2.71 bits per heavy atom. The summed E-state index contributed by atoms with van der Waals surface area (Å²) in [6.07, 6.45) is 0. The number of esters is 1. The van der Waals surface area contributed by atoms with Crippen molar-refractivity contribution in [2.45, 2.75) is 19.0 Å². The van der Waals surface area contributed by atoms with Crippen molar-refractivity contribution in [3.63, 3.8) is 0 Å². The van der Waals surface area contributed by atoms with Crippen LogP contribution in [0.4, 0.5) is 4.39 Å². The van der Waals surface area contributed by atoms with Gasteiger partial charge in [-0.2, -0.15) is 0 Å². The molecule has 0 radical (unpaired) electrons. The number of rotatable bonds is 6. The van der Waals surface area contributed by atoms with E-state index in [1.807, 2.05) is 30.3 Å². The predicted octanol–water partition coefficient (Wildman–Crippen LogP) is 3.65. The highest BCUT2D eigenvalue weighted by Gasteiger charge is 2.62. The largest absolute Gasteiger partial charge is 0.466 e. The van der Waals surface area contributed by atoms with Crippen LogP contribution in [0.3, 0.4) is 0 Å². The standard InChI is InChI=1S/C20H20ClFN2O4/c1-2-28-19(25)17-12-23(11-14-6-4-3-5-7-14)13-20(17,24(26)27)16-10-15(22)8-9-18(16)21/h3-10,17H,2,11-13H2,1H3/t17-,20-/m1/s1. The van der Waals surface area contributed by atoms with Gasteiger partial charge in [-0.1, -0.05) is 41.9 Å². The molecule has 148 valence electrons. The van der Waals surface area contributed by atoms with Gasteiger partial charge in [0.15, 0.2) is 0 Å². The van der Waals surface area contributed by atoms with Crippen LogP contribution >= 0.6 is 11.6 Å². The average Bonchev–Trinajstić information content (AvgIpc) is 3.05. The van der Waals surface area contributed by atoms with E-state index in [-0.39, 0.29) is 30.3 Å². The summed E-state index contributed by atoms with van der Waals surface area (Å²) >= 11 is 6.22. The molecule has 8 heteroatoms. The fourth-order valence-corrected chi connectivity index (χ4v) is 4.07. The first-order valence-corrected chi connectivity index (χ1v) is 9.29. The van der Waals surface area contributed by atoms with E-state index in [4.69, 9.17) is 16.3 Å². The van der Waals surface area contributed by atoms with Crippen LogP contribution in [0.1, 0.15) is 18.1 Å². The summed E-state index contributed by atoms with van der Waals surface area (Å²) in [6, 6.07) is 12.9. The lowest BCUT2D eigenvalue weighted by Gasteiger charge is -2.26. The van der Waals surface area contributed by atoms with Crippen molar-refractivity contribution in [2.24, 2.45) is 5.92 Å². The van der Waals surface area contributed by atoms with E-state index in [0.717, 1.165) is 17.7 Å². The van der Waals surface area contributed by atoms with Crippen molar-refractivity contribution in [3.05, 3.63) is 80.6 Å². The number of ether oxygens (including phenoxy) is 1. The number of halogens is 2. The van der Waals surface area contributed by atoms with Gasteiger partial charge in [0.1, 0.15) is 11.7 Å². The highest BCUT2D eigenvalue weighted by atomic mass is 35.5. The average molecular weight is 407 g/mol. The van der Waals surface area contributed by atoms with Crippen LogP contribution in [-0.4, -0.2) is 35.5 Å². The van der Waals surface area contributed by atoms with E-state index in [1.165, 1.54) is 6.07 Å².